The summed E-state index contributed by atoms with van der Waals surface area (Å²) in [5.74, 6) is 1.05. The van der Waals surface area contributed by atoms with Crippen LogP contribution in [0.25, 0.3) is 0 Å². The average molecular weight is 295 g/mol. The van der Waals surface area contributed by atoms with E-state index in [1.165, 1.54) is 0 Å². The molecule has 0 N–H and O–H groups in total. The molecule has 0 saturated carbocycles. The number of nitrogens with zero attached hydrogens (tertiary/aromatic N) is 2. The number of alkyl halides is 1. The van der Waals surface area contributed by atoms with E-state index in [-0.39, 0.29) is 6.04 Å². The Hall–Kier alpha value is 0.160. The van der Waals surface area contributed by atoms with Crippen molar-refractivity contribution in [1.29, 1.82) is 0 Å². The zero-order valence-corrected chi connectivity index (χ0v) is 12.6. The molecule has 1 atom stereocenters. The first-order valence-corrected chi connectivity index (χ1v) is 8.81. The zero-order valence-electron chi connectivity index (χ0n) is 11.0. The van der Waals surface area contributed by atoms with Gasteiger partial charge in [0, 0.05) is 31.6 Å². The summed E-state index contributed by atoms with van der Waals surface area (Å²) in [6.07, 6.45) is 4.88. The smallest absolute Gasteiger partial charge is 0.195 e. The summed E-state index contributed by atoms with van der Waals surface area (Å²) < 4.78 is 28.5. The van der Waals surface area contributed by atoms with Crippen LogP contribution < -0.4 is 0 Å². The largest absolute Gasteiger partial charge is 0.282 e. The summed E-state index contributed by atoms with van der Waals surface area (Å²) in [5, 5.41) is 0. The van der Waals surface area contributed by atoms with Gasteiger partial charge >= 0.3 is 0 Å². The van der Waals surface area contributed by atoms with E-state index in [2.05, 4.69) is 6.92 Å². The number of halogens is 1. The first kappa shape index (κ1) is 14.6. The second kappa shape index (κ2) is 6.07. The molecule has 2 saturated heterocycles. The summed E-state index contributed by atoms with van der Waals surface area (Å²) >= 11 is 5.92. The van der Waals surface area contributed by atoms with Gasteiger partial charge in [0.05, 0.1) is 0 Å². The third-order valence-electron chi connectivity index (χ3n) is 4.12. The molecule has 0 aromatic rings. The van der Waals surface area contributed by atoms with Crippen molar-refractivity contribution in [2.75, 3.05) is 25.5 Å². The van der Waals surface area contributed by atoms with Gasteiger partial charge in [-0.2, -0.15) is 17.0 Å². The van der Waals surface area contributed by atoms with Crippen molar-refractivity contribution < 1.29 is 8.42 Å². The van der Waals surface area contributed by atoms with Crippen molar-refractivity contribution in [3.05, 3.63) is 0 Å². The molecule has 2 heterocycles. The van der Waals surface area contributed by atoms with Gasteiger partial charge in [0.2, 0.25) is 0 Å². The minimum absolute atomic E-state index is 0.00948. The lowest BCUT2D eigenvalue weighted by Gasteiger charge is -2.39. The van der Waals surface area contributed by atoms with Crippen molar-refractivity contribution in [2.24, 2.45) is 5.92 Å². The zero-order chi connectivity index (χ0) is 13.2. The van der Waals surface area contributed by atoms with Gasteiger partial charge in [-0.05, 0) is 31.6 Å². The van der Waals surface area contributed by atoms with E-state index < -0.39 is 10.2 Å². The molecule has 106 valence electrons. The molecule has 0 aromatic heterocycles. The molecule has 18 heavy (non-hydrogen) atoms. The minimum Gasteiger partial charge on any atom is -0.195 e. The first-order valence-electron chi connectivity index (χ1n) is 6.88. The van der Waals surface area contributed by atoms with Gasteiger partial charge in [-0.25, -0.2) is 0 Å². The van der Waals surface area contributed by atoms with Crippen LogP contribution in [0.3, 0.4) is 0 Å². The summed E-state index contributed by atoms with van der Waals surface area (Å²) in [6, 6.07) is -0.00948. The highest BCUT2D eigenvalue weighted by atomic mass is 35.5. The van der Waals surface area contributed by atoms with Crippen LogP contribution in [0.5, 0.6) is 0 Å². The Morgan fingerprint density at radius 3 is 2.39 bits per heavy atom. The Morgan fingerprint density at radius 2 is 1.78 bits per heavy atom. The monoisotopic (exact) mass is 294 g/mol. The fourth-order valence-corrected chi connectivity index (χ4v) is 5.08. The molecule has 2 aliphatic rings. The third-order valence-corrected chi connectivity index (χ3v) is 6.56. The van der Waals surface area contributed by atoms with E-state index in [4.69, 9.17) is 11.6 Å². The fourth-order valence-electron chi connectivity index (χ4n) is 2.80. The van der Waals surface area contributed by atoms with Gasteiger partial charge in [0.15, 0.2) is 0 Å². The molecule has 0 spiro atoms. The van der Waals surface area contributed by atoms with Crippen molar-refractivity contribution in [1.82, 2.24) is 8.61 Å². The Bertz CT molecular complexity index is 366. The maximum atomic E-state index is 12.6. The Morgan fingerprint density at radius 1 is 1.11 bits per heavy atom. The van der Waals surface area contributed by atoms with E-state index >= 15 is 0 Å². The van der Waals surface area contributed by atoms with Crippen molar-refractivity contribution >= 4 is 21.8 Å². The predicted octanol–water partition coefficient (Wildman–Crippen LogP) is 2.06. The molecule has 1 unspecified atom stereocenters. The molecule has 0 bridgehead atoms. The van der Waals surface area contributed by atoms with Crippen molar-refractivity contribution in [2.45, 2.75) is 45.1 Å². The lowest BCUT2D eigenvalue weighted by molar-refractivity contribution is 0.224. The SMILES string of the molecule is CC1CCN(S(=O)(=O)N2CCCCC2CCl)CC1. The Kier molecular flexibility index (Phi) is 4.92. The summed E-state index contributed by atoms with van der Waals surface area (Å²) in [4.78, 5) is 0. The molecule has 0 amide bonds. The van der Waals surface area contributed by atoms with Crippen LogP contribution in [0.15, 0.2) is 0 Å². The van der Waals surface area contributed by atoms with Crippen LogP contribution in [0.4, 0.5) is 0 Å². The molecule has 2 rings (SSSR count). The van der Waals surface area contributed by atoms with Crippen LogP contribution in [0, 0.1) is 5.92 Å². The lowest BCUT2D eigenvalue weighted by atomic mass is 10.0. The first-order chi connectivity index (χ1) is 8.55. The number of piperidine rings is 2. The second-order valence-electron chi connectivity index (χ2n) is 5.50. The van der Waals surface area contributed by atoms with Gasteiger partial charge < -0.3 is 0 Å². The lowest BCUT2D eigenvalue weighted by Crippen LogP contribution is -2.52. The van der Waals surface area contributed by atoms with Crippen LogP contribution in [-0.2, 0) is 10.2 Å². The fraction of sp³-hybridized carbons (Fsp3) is 1.00. The number of hydrogen-bond acceptors (Lipinski definition) is 2. The molecular weight excluding hydrogens is 272 g/mol. The number of rotatable bonds is 3. The topological polar surface area (TPSA) is 40.6 Å². The standard InChI is InChI=1S/C12H23ClN2O2S/c1-11-5-8-14(9-6-11)18(16,17)15-7-3-2-4-12(15)10-13/h11-12H,2-10H2,1H3. The molecule has 2 fully saturated rings. The summed E-state index contributed by atoms with van der Waals surface area (Å²) in [6.45, 7) is 4.14. The van der Waals surface area contributed by atoms with E-state index in [9.17, 15) is 8.42 Å². The van der Waals surface area contributed by atoms with Crippen LogP contribution >= 0.6 is 11.6 Å². The average Bonchev–Trinajstić information content (AvgIpc) is 2.39. The minimum atomic E-state index is -3.29. The van der Waals surface area contributed by atoms with Gasteiger partial charge in [-0.1, -0.05) is 13.3 Å². The Labute approximate surface area is 115 Å². The highest BCUT2D eigenvalue weighted by molar-refractivity contribution is 7.86. The van der Waals surface area contributed by atoms with Gasteiger partial charge in [0.25, 0.3) is 10.2 Å². The van der Waals surface area contributed by atoms with Crippen LogP contribution in [-0.4, -0.2) is 48.6 Å². The van der Waals surface area contributed by atoms with E-state index in [0.29, 0.717) is 31.4 Å². The molecule has 0 aromatic carbocycles. The normalized spacial score (nSPS) is 29.6. The van der Waals surface area contributed by atoms with E-state index in [1.54, 1.807) is 8.61 Å². The highest BCUT2D eigenvalue weighted by Crippen LogP contribution is 2.26. The second-order valence-corrected chi connectivity index (χ2v) is 7.69. The van der Waals surface area contributed by atoms with Gasteiger partial charge in [-0.15, -0.1) is 11.6 Å². The Balaban J connectivity index is 2.09. The third kappa shape index (κ3) is 3.00. The molecular formula is C12H23ClN2O2S. The van der Waals surface area contributed by atoms with Gasteiger partial charge in [0.1, 0.15) is 0 Å². The summed E-state index contributed by atoms with van der Waals surface area (Å²) in [5.41, 5.74) is 0. The quantitative estimate of drug-likeness (QED) is 0.748. The maximum Gasteiger partial charge on any atom is 0.282 e. The van der Waals surface area contributed by atoms with Crippen LogP contribution in [0.2, 0.25) is 0 Å². The molecule has 6 heteroatoms. The molecule has 0 aliphatic carbocycles. The predicted molar refractivity (Wildman–Crippen MR) is 74.0 cm³/mol. The molecule has 0 radical (unpaired) electrons. The highest BCUT2D eigenvalue weighted by Gasteiger charge is 2.37. The van der Waals surface area contributed by atoms with Crippen LogP contribution in [0.1, 0.15) is 39.0 Å². The summed E-state index contributed by atoms with van der Waals surface area (Å²) in [7, 11) is -3.29. The number of hydrogen-bond donors (Lipinski definition) is 0. The van der Waals surface area contributed by atoms with Crippen molar-refractivity contribution in [3.63, 3.8) is 0 Å². The van der Waals surface area contributed by atoms with E-state index in [0.717, 1.165) is 32.1 Å². The van der Waals surface area contributed by atoms with E-state index in [1.807, 2.05) is 0 Å². The van der Waals surface area contributed by atoms with Gasteiger partial charge in [-0.3, -0.25) is 0 Å². The molecule has 4 nitrogen and oxygen atoms in total. The maximum absolute atomic E-state index is 12.6. The molecule has 2 aliphatic heterocycles. The van der Waals surface area contributed by atoms with Crippen molar-refractivity contribution in [3.8, 4) is 0 Å².